The minimum Gasteiger partial charge on any atom is -0.507 e. The lowest BCUT2D eigenvalue weighted by Gasteiger charge is -2.30. The number of rotatable bonds is 5. The number of hydrogen-bond acceptors (Lipinski definition) is 8. The summed E-state index contributed by atoms with van der Waals surface area (Å²) in [6.07, 6.45) is 5.18. The first-order chi connectivity index (χ1) is 16.1. The third-order valence-electron chi connectivity index (χ3n) is 7.06. The van der Waals surface area contributed by atoms with E-state index >= 15 is 0 Å². The van der Waals surface area contributed by atoms with Crippen LogP contribution < -0.4 is 0 Å². The van der Waals surface area contributed by atoms with Crippen LogP contribution in [0.1, 0.15) is 94.3 Å². The molecule has 2 aliphatic rings. The molecule has 34 heavy (non-hydrogen) atoms. The number of nitrogens with zero attached hydrogens (tertiary/aromatic N) is 2. The molecule has 0 atom stereocenters. The van der Waals surface area contributed by atoms with Crippen LogP contribution in [0.4, 0.5) is 11.4 Å². The normalized spacial score (nSPS) is 19.5. The van der Waals surface area contributed by atoms with E-state index in [0.717, 1.165) is 37.8 Å². The van der Waals surface area contributed by atoms with Gasteiger partial charge in [-0.15, -0.1) is 0 Å². The molecule has 0 bridgehead atoms. The standard InChI is InChI=1S/C24H24N2O8/c1-3-4-12-5-7-13(8-6-12)14-10-16(26(33)34)18-20(22(14)28)24(30)17-15(25(31)32)9-11(2)21(27)19(17)23(18)29/h9-10,12-13,27-28H,3-8H2,1-2H3. The van der Waals surface area contributed by atoms with Crippen LogP contribution >= 0.6 is 0 Å². The second-order valence-corrected chi connectivity index (χ2v) is 9.07. The van der Waals surface area contributed by atoms with Crippen molar-refractivity contribution in [2.24, 2.45) is 5.92 Å². The number of nitro groups is 2. The second-order valence-electron chi connectivity index (χ2n) is 9.07. The number of nitro benzene ring substituents is 2. The third-order valence-corrected chi connectivity index (χ3v) is 7.06. The maximum Gasteiger partial charge on any atom is 0.281 e. The molecule has 10 nitrogen and oxygen atoms in total. The van der Waals surface area contributed by atoms with E-state index in [1.165, 1.54) is 6.92 Å². The minimum atomic E-state index is -1.10. The van der Waals surface area contributed by atoms with E-state index in [2.05, 4.69) is 6.92 Å². The number of aromatic hydroxyl groups is 2. The van der Waals surface area contributed by atoms with E-state index < -0.39 is 66.5 Å². The lowest BCUT2D eigenvalue weighted by molar-refractivity contribution is -0.385. The Balaban J connectivity index is 1.94. The zero-order valence-corrected chi connectivity index (χ0v) is 18.8. The maximum absolute atomic E-state index is 13.5. The first-order valence-electron chi connectivity index (χ1n) is 11.2. The molecule has 0 aromatic heterocycles. The van der Waals surface area contributed by atoms with E-state index in [-0.39, 0.29) is 17.0 Å². The zero-order chi connectivity index (χ0) is 24.9. The van der Waals surface area contributed by atoms with Gasteiger partial charge in [0.2, 0.25) is 11.6 Å². The molecule has 2 N–H and O–H groups in total. The number of ketones is 2. The van der Waals surface area contributed by atoms with Gasteiger partial charge in [0.25, 0.3) is 11.4 Å². The highest BCUT2D eigenvalue weighted by molar-refractivity contribution is 6.33. The van der Waals surface area contributed by atoms with Crippen LogP contribution in [-0.2, 0) is 0 Å². The smallest absolute Gasteiger partial charge is 0.281 e. The number of aryl methyl sites for hydroxylation is 1. The molecular weight excluding hydrogens is 444 g/mol. The minimum absolute atomic E-state index is 0.0256. The van der Waals surface area contributed by atoms with Gasteiger partial charge in [-0.25, -0.2) is 0 Å². The molecule has 0 heterocycles. The average Bonchev–Trinajstić information content (AvgIpc) is 2.79. The number of benzene rings is 2. The van der Waals surface area contributed by atoms with E-state index in [9.17, 15) is 40.0 Å². The summed E-state index contributed by atoms with van der Waals surface area (Å²) in [7, 11) is 0. The van der Waals surface area contributed by atoms with Crippen molar-refractivity contribution < 1.29 is 29.6 Å². The fourth-order valence-electron chi connectivity index (χ4n) is 5.39. The van der Waals surface area contributed by atoms with Crippen LogP contribution in [-0.4, -0.2) is 31.6 Å². The lowest BCUT2D eigenvalue weighted by Crippen LogP contribution is -2.25. The lowest BCUT2D eigenvalue weighted by atomic mass is 9.74. The van der Waals surface area contributed by atoms with E-state index in [0.29, 0.717) is 18.8 Å². The molecule has 0 amide bonds. The van der Waals surface area contributed by atoms with Gasteiger partial charge in [0, 0.05) is 17.7 Å². The van der Waals surface area contributed by atoms with Crippen molar-refractivity contribution in [3.8, 4) is 11.5 Å². The highest BCUT2D eigenvalue weighted by Gasteiger charge is 2.45. The monoisotopic (exact) mass is 468 g/mol. The Kier molecular flexibility index (Phi) is 5.84. The zero-order valence-electron chi connectivity index (χ0n) is 18.8. The Morgan fingerprint density at radius 3 is 1.85 bits per heavy atom. The highest BCUT2D eigenvalue weighted by Crippen LogP contribution is 2.49. The number of phenolic OH excluding ortho intramolecular Hbond substituents is 2. The van der Waals surface area contributed by atoms with Gasteiger partial charge in [-0.1, -0.05) is 19.8 Å². The molecule has 0 aliphatic heterocycles. The van der Waals surface area contributed by atoms with Gasteiger partial charge in [0.15, 0.2) is 0 Å². The number of carbonyl (C=O) groups excluding carboxylic acids is 2. The summed E-state index contributed by atoms with van der Waals surface area (Å²) in [4.78, 5) is 48.7. The van der Waals surface area contributed by atoms with Gasteiger partial charge in [0.05, 0.1) is 21.0 Å². The first-order valence-corrected chi connectivity index (χ1v) is 11.2. The molecule has 1 saturated carbocycles. The maximum atomic E-state index is 13.5. The number of carbonyl (C=O) groups is 2. The Hall–Kier alpha value is -3.82. The summed E-state index contributed by atoms with van der Waals surface area (Å²) in [5.41, 5.74) is -3.78. The molecule has 2 aliphatic carbocycles. The van der Waals surface area contributed by atoms with Crippen molar-refractivity contribution in [1.82, 2.24) is 0 Å². The van der Waals surface area contributed by atoms with Crippen molar-refractivity contribution >= 4 is 22.9 Å². The molecule has 4 rings (SSSR count). The van der Waals surface area contributed by atoms with Crippen molar-refractivity contribution in [2.45, 2.75) is 58.3 Å². The van der Waals surface area contributed by atoms with E-state index in [4.69, 9.17) is 0 Å². The Labute approximate surface area is 194 Å². The molecule has 0 radical (unpaired) electrons. The number of phenols is 2. The molecule has 178 valence electrons. The number of hydrogen-bond donors (Lipinski definition) is 2. The van der Waals surface area contributed by atoms with Crippen molar-refractivity contribution in [2.75, 3.05) is 0 Å². The van der Waals surface area contributed by atoms with Crippen LogP contribution in [0.2, 0.25) is 0 Å². The summed E-state index contributed by atoms with van der Waals surface area (Å²) in [6.45, 7) is 3.42. The molecule has 0 unspecified atom stereocenters. The fourth-order valence-corrected chi connectivity index (χ4v) is 5.39. The molecule has 2 aromatic carbocycles. The van der Waals surface area contributed by atoms with Gasteiger partial charge < -0.3 is 10.2 Å². The third kappa shape index (κ3) is 3.49. The van der Waals surface area contributed by atoms with Gasteiger partial charge in [-0.3, -0.25) is 29.8 Å². The van der Waals surface area contributed by atoms with E-state index in [1.54, 1.807) is 0 Å². The molecular formula is C24H24N2O8. The van der Waals surface area contributed by atoms with Gasteiger partial charge in [0.1, 0.15) is 22.6 Å². The summed E-state index contributed by atoms with van der Waals surface area (Å²) >= 11 is 0. The van der Waals surface area contributed by atoms with Crippen LogP contribution in [0.5, 0.6) is 11.5 Å². The van der Waals surface area contributed by atoms with Crippen LogP contribution in [0.25, 0.3) is 0 Å². The fraction of sp³-hybridized carbons (Fsp3) is 0.417. The molecule has 0 saturated heterocycles. The molecule has 0 spiro atoms. The Morgan fingerprint density at radius 2 is 1.35 bits per heavy atom. The van der Waals surface area contributed by atoms with E-state index in [1.807, 2.05) is 0 Å². The Bertz CT molecular complexity index is 1260. The predicted octanol–water partition coefficient (Wildman–Crippen LogP) is 5.07. The van der Waals surface area contributed by atoms with Gasteiger partial charge in [-0.2, -0.15) is 0 Å². The Morgan fingerprint density at radius 1 is 0.853 bits per heavy atom. The van der Waals surface area contributed by atoms with Crippen LogP contribution in [0, 0.1) is 33.1 Å². The topological polar surface area (TPSA) is 161 Å². The summed E-state index contributed by atoms with van der Waals surface area (Å²) in [5.74, 6) is -3.12. The second kappa shape index (κ2) is 8.51. The van der Waals surface area contributed by atoms with Crippen LogP contribution in [0.3, 0.4) is 0 Å². The summed E-state index contributed by atoms with van der Waals surface area (Å²) in [5, 5.41) is 45.1. The predicted molar refractivity (Wildman–Crippen MR) is 121 cm³/mol. The van der Waals surface area contributed by atoms with Crippen LogP contribution in [0.15, 0.2) is 12.1 Å². The quantitative estimate of drug-likeness (QED) is 0.387. The summed E-state index contributed by atoms with van der Waals surface area (Å²) in [6, 6.07) is 2.10. The molecule has 10 heteroatoms. The average molecular weight is 468 g/mol. The summed E-state index contributed by atoms with van der Waals surface area (Å²) < 4.78 is 0. The van der Waals surface area contributed by atoms with Gasteiger partial charge >= 0.3 is 0 Å². The molecule has 1 fully saturated rings. The van der Waals surface area contributed by atoms with Crippen molar-refractivity contribution in [1.29, 1.82) is 0 Å². The molecule has 2 aromatic rings. The van der Waals surface area contributed by atoms with Gasteiger partial charge in [-0.05, 0) is 50.0 Å². The highest BCUT2D eigenvalue weighted by atomic mass is 16.6. The number of fused-ring (bicyclic) bond motifs is 2. The SMILES string of the molecule is CCCC1CCC(c2cc([N+](=O)[O-])c3c(c2O)C(=O)c2c([N+](=O)[O-])cc(C)c(O)c2C3=O)CC1. The van der Waals surface area contributed by atoms with Crippen molar-refractivity contribution in [3.63, 3.8) is 0 Å². The first kappa shape index (κ1) is 23.3. The largest absolute Gasteiger partial charge is 0.507 e. The van der Waals surface area contributed by atoms with Crippen molar-refractivity contribution in [3.05, 3.63) is 65.7 Å².